The molecule has 2 rings (SSSR count). The summed E-state index contributed by atoms with van der Waals surface area (Å²) in [6.45, 7) is 5.56. The van der Waals surface area contributed by atoms with Gasteiger partial charge < -0.3 is 14.8 Å². The molecule has 1 aromatic carbocycles. The Morgan fingerprint density at radius 2 is 2.37 bits per heavy atom. The van der Waals surface area contributed by atoms with Gasteiger partial charge in [-0.25, -0.2) is 4.39 Å². The lowest BCUT2D eigenvalue weighted by atomic mass is 10.1. The molecule has 1 N–H and O–H groups in total. The van der Waals surface area contributed by atoms with Crippen LogP contribution in [0.4, 0.5) is 4.39 Å². The number of hydrogen-bond donors (Lipinski definition) is 1. The number of halogens is 1. The van der Waals surface area contributed by atoms with Crippen molar-refractivity contribution < 1.29 is 13.9 Å². The van der Waals surface area contributed by atoms with E-state index in [1.54, 1.807) is 0 Å². The van der Waals surface area contributed by atoms with Crippen molar-refractivity contribution >= 4 is 0 Å². The third kappa shape index (κ3) is 4.56. The molecule has 0 amide bonds. The van der Waals surface area contributed by atoms with E-state index >= 15 is 0 Å². The number of nitrogens with one attached hydrogen (secondary N) is 1. The summed E-state index contributed by atoms with van der Waals surface area (Å²) in [4.78, 5) is 0. The minimum Gasteiger partial charge on any atom is -0.379 e. The van der Waals surface area contributed by atoms with Crippen LogP contribution >= 0.6 is 0 Å². The van der Waals surface area contributed by atoms with Crippen molar-refractivity contribution in [1.82, 2.24) is 5.32 Å². The Hall–Kier alpha value is -0.970. The molecule has 1 aromatic rings. The average Bonchev–Trinajstić information content (AvgIpc) is 2.92. The van der Waals surface area contributed by atoms with E-state index in [1.807, 2.05) is 12.1 Å². The van der Waals surface area contributed by atoms with Crippen molar-refractivity contribution in [2.75, 3.05) is 19.8 Å². The molecule has 1 unspecified atom stereocenters. The summed E-state index contributed by atoms with van der Waals surface area (Å²) in [5, 5.41) is 3.31. The van der Waals surface area contributed by atoms with Crippen molar-refractivity contribution in [2.24, 2.45) is 0 Å². The molecule has 1 atom stereocenters. The minimum absolute atomic E-state index is 0.112. The molecule has 0 aliphatic carbocycles. The maximum atomic E-state index is 13.7. The zero-order valence-electron chi connectivity index (χ0n) is 11.5. The van der Waals surface area contributed by atoms with E-state index < -0.39 is 0 Å². The molecule has 0 bridgehead atoms. The molecule has 106 valence electrons. The number of benzene rings is 1. The Morgan fingerprint density at radius 1 is 1.47 bits per heavy atom. The van der Waals surface area contributed by atoms with Gasteiger partial charge in [0, 0.05) is 18.7 Å². The summed E-state index contributed by atoms with van der Waals surface area (Å²) in [5.41, 5.74) is 1.72. The second-order valence-corrected chi connectivity index (χ2v) is 4.90. The van der Waals surface area contributed by atoms with Gasteiger partial charge in [-0.3, -0.25) is 0 Å². The fourth-order valence-corrected chi connectivity index (χ4v) is 2.11. The van der Waals surface area contributed by atoms with Crippen molar-refractivity contribution in [1.29, 1.82) is 0 Å². The lowest BCUT2D eigenvalue weighted by Gasteiger charge is -2.12. The zero-order valence-corrected chi connectivity index (χ0v) is 11.5. The number of ether oxygens (including phenoxy) is 2. The molecule has 0 aromatic heterocycles. The zero-order chi connectivity index (χ0) is 13.5. The van der Waals surface area contributed by atoms with E-state index in [2.05, 4.69) is 12.2 Å². The second kappa shape index (κ2) is 7.58. The standard InChI is InChI=1S/C15H22FNO2/c1-2-6-17-9-12-3-4-15(16)13(8-12)10-19-14-5-7-18-11-14/h3-4,8,14,17H,2,5-7,9-11H2,1H3. The van der Waals surface area contributed by atoms with Crippen LogP contribution in [-0.2, 0) is 22.6 Å². The van der Waals surface area contributed by atoms with Gasteiger partial charge in [0.25, 0.3) is 0 Å². The van der Waals surface area contributed by atoms with Gasteiger partial charge in [-0.2, -0.15) is 0 Å². The van der Waals surface area contributed by atoms with E-state index in [0.29, 0.717) is 18.8 Å². The van der Waals surface area contributed by atoms with E-state index in [0.717, 1.165) is 38.1 Å². The summed E-state index contributed by atoms with van der Waals surface area (Å²) >= 11 is 0. The Balaban J connectivity index is 1.88. The molecule has 0 spiro atoms. The SMILES string of the molecule is CCCNCc1ccc(F)c(COC2CCOC2)c1. The monoisotopic (exact) mass is 267 g/mol. The predicted octanol–water partition coefficient (Wildman–Crippen LogP) is 2.63. The molecule has 4 heteroatoms. The van der Waals surface area contributed by atoms with Crippen LogP contribution in [-0.4, -0.2) is 25.9 Å². The van der Waals surface area contributed by atoms with Gasteiger partial charge in [0.2, 0.25) is 0 Å². The first kappa shape index (κ1) is 14.4. The minimum atomic E-state index is -0.196. The summed E-state index contributed by atoms with van der Waals surface area (Å²) in [6.07, 6.45) is 2.11. The smallest absolute Gasteiger partial charge is 0.128 e. The Labute approximate surface area is 114 Å². The van der Waals surface area contributed by atoms with E-state index in [1.165, 1.54) is 6.07 Å². The fraction of sp³-hybridized carbons (Fsp3) is 0.600. The maximum Gasteiger partial charge on any atom is 0.128 e. The van der Waals surface area contributed by atoms with E-state index in [4.69, 9.17) is 9.47 Å². The molecule has 1 saturated heterocycles. The van der Waals surface area contributed by atoms with Gasteiger partial charge >= 0.3 is 0 Å². The van der Waals surface area contributed by atoms with Crippen molar-refractivity contribution in [3.63, 3.8) is 0 Å². The maximum absolute atomic E-state index is 13.7. The summed E-state index contributed by atoms with van der Waals surface area (Å²) < 4.78 is 24.6. The van der Waals surface area contributed by atoms with Gasteiger partial charge in [-0.1, -0.05) is 13.0 Å². The van der Waals surface area contributed by atoms with Gasteiger partial charge in [-0.15, -0.1) is 0 Å². The molecule has 0 radical (unpaired) electrons. The van der Waals surface area contributed by atoms with Gasteiger partial charge in [0.05, 0.1) is 19.3 Å². The van der Waals surface area contributed by atoms with Crippen LogP contribution in [0.15, 0.2) is 18.2 Å². The fourth-order valence-electron chi connectivity index (χ4n) is 2.11. The lowest BCUT2D eigenvalue weighted by molar-refractivity contribution is 0.0304. The van der Waals surface area contributed by atoms with Gasteiger partial charge in [-0.05, 0) is 37.1 Å². The first-order valence-electron chi connectivity index (χ1n) is 6.97. The number of hydrogen-bond acceptors (Lipinski definition) is 3. The Morgan fingerprint density at radius 3 is 3.11 bits per heavy atom. The molecule has 19 heavy (non-hydrogen) atoms. The quantitative estimate of drug-likeness (QED) is 0.770. The Kier molecular flexibility index (Phi) is 5.76. The first-order chi connectivity index (χ1) is 9.29. The van der Waals surface area contributed by atoms with Crippen LogP contribution < -0.4 is 5.32 Å². The largest absolute Gasteiger partial charge is 0.379 e. The summed E-state index contributed by atoms with van der Waals surface area (Å²) in [5.74, 6) is -0.196. The van der Waals surface area contributed by atoms with Crippen LogP contribution in [0.2, 0.25) is 0 Å². The summed E-state index contributed by atoms with van der Waals surface area (Å²) in [6, 6.07) is 5.22. The third-order valence-electron chi connectivity index (χ3n) is 3.23. The molecule has 1 fully saturated rings. The highest BCUT2D eigenvalue weighted by Gasteiger charge is 2.16. The van der Waals surface area contributed by atoms with Crippen LogP contribution in [0, 0.1) is 5.82 Å². The van der Waals surface area contributed by atoms with Crippen LogP contribution in [0.25, 0.3) is 0 Å². The predicted molar refractivity (Wildman–Crippen MR) is 72.4 cm³/mol. The van der Waals surface area contributed by atoms with E-state index in [-0.39, 0.29) is 11.9 Å². The molecule has 1 heterocycles. The third-order valence-corrected chi connectivity index (χ3v) is 3.23. The lowest BCUT2D eigenvalue weighted by Crippen LogP contribution is -2.15. The average molecular weight is 267 g/mol. The van der Waals surface area contributed by atoms with Crippen LogP contribution in [0.1, 0.15) is 30.9 Å². The normalized spacial score (nSPS) is 18.9. The van der Waals surface area contributed by atoms with Gasteiger partial charge in [0.1, 0.15) is 5.82 Å². The van der Waals surface area contributed by atoms with Crippen molar-refractivity contribution in [3.05, 3.63) is 35.1 Å². The molecular weight excluding hydrogens is 245 g/mol. The van der Waals surface area contributed by atoms with Gasteiger partial charge in [0.15, 0.2) is 0 Å². The van der Waals surface area contributed by atoms with E-state index in [9.17, 15) is 4.39 Å². The molecule has 1 aliphatic heterocycles. The number of rotatable bonds is 7. The topological polar surface area (TPSA) is 30.5 Å². The Bertz CT molecular complexity index is 392. The molecular formula is C15H22FNO2. The van der Waals surface area contributed by atoms with Crippen molar-refractivity contribution in [2.45, 2.75) is 39.0 Å². The highest BCUT2D eigenvalue weighted by atomic mass is 19.1. The highest BCUT2D eigenvalue weighted by molar-refractivity contribution is 5.24. The highest BCUT2D eigenvalue weighted by Crippen LogP contribution is 2.15. The van der Waals surface area contributed by atoms with Crippen LogP contribution in [0.5, 0.6) is 0 Å². The second-order valence-electron chi connectivity index (χ2n) is 4.90. The van der Waals surface area contributed by atoms with Crippen molar-refractivity contribution in [3.8, 4) is 0 Å². The molecule has 1 aliphatic rings. The summed E-state index contributed by atoms with van der Waals surface area (Å²) in [7, 11) is 0. The van der Waals surface area contributed by atoms with Crippen LogP contribution in [0.3, 0.4) is 0 Å². The first-order valence-corrected chi connectivity index (χ1v) is 6.97. The molecule has 0 saturated carbocycles. The molecule has 3 nitrogen and oxygen atoms in total.